The summed E-state index contributed by atoms with van der Waals surface area (Å²) in [4.78, 5) is 21.4. The highest BCUT2D eigenvalue weighted by molar-refractivity contribution is 5.93. The molecule has 1 atom stereocenters. The zero-order chi connectivity index (χ0) is 23.5. The standard InChI is InChI=1S/C23H23FN6O3/c1-13(2)32-20-11-16(9-10-25-20)21-27-23(33-29-21)14(3)26-22(31)19-12-18(28-30(19)4)15-5-7-17(24)8-6-15/h5-14H,1-4H3,(H,26,31). The molecule has 9 nitrogen and oxygen atoms in total. The molecule has 0 saturated heterocycles. The van der Waals surface area contributed by atoms with Crippen LogP contribution >= 0.6 is 0 Å². The Kier molecular flexibility index (Phi) is 6.16. The maximum absolute atomic E-state index is 13.2. The van der Waals surface area contributed by atoms with Gasteiger partial charge in [-0.1, -0.05) is 5.16 Å². The average molecular weight is 450 g/mol. The number of carbonyl (C=O) groups is 1. The van der Waals surface area contributed by atoms with Gasteiger partial charge in [0.15, 0.2) is 0 Å². The summed E-state index contributed by atoms with van der Waals surface area (Å²) < 4.78 is 25.6. The van der Waals surface area contributed by atoms with Crippen LogP contribution in [-0.2, 0) is 7.05 Å². The van der Waals surface area contributed by atoms with Crippen LogP contribution in [0, 0.1) is 5.82 Å². The number of nitrogens with zero attached hydrogens (tertiary/aromatic N) is 5. The fourth-order valence-corrected chi connectivity index (χ4v) is 3.16. The summed E-state index contributed by atoms with van der Waals surface area (Å²) in [7, 11) is 1.66. The molecule has 1 aromatic carbocycles. The van der Waals surface area contributed by atoms with Crippen LogP contribution in [0.15, 0.2) is 53.2 Å². The quantitative estimate of drug-likeness (QED) is 0.454. The second-order valence-electron chi connectivity index (χ2n) is 7.75. The molecule has 1 unspecified atom stereocenters. The normalized spacial score (nSPS) is 12.1. The van der Waals surface area contributed by atoms with Crippen molar-refractivity contribution in [1.29, 1.82) is 0 Å². The maximum atomic E-state index is 13.2. The fourth-order valence-electron chi connectivity index (χ4n) is 3.16. The van der Waals surface area contributed by atoms with Crippen LogP contribution in [0.3, 0.4) is 0 Å². The highest BCUT2D eigenvalue weighted by atomic mass is 19.1. The second-order valence-corrected chi connectivity index (χ2v) is 7.75. The Balaban J connectivity index is 1.47. The molecule has 4 aromatic rings. The van der Waals surface area contributed by atoms with Gasteiger partial charge in [-0.2, -0.15) is 10.1 Å². The molecular weight excluding hydrogens is 427 g/mol. The molecule has 3 heterocycles. The molecule has 0 bridgehead atoms. The Morgan fingerprint density at radius 1 is 1.12 bits per heavy atom. The number of ether oxygens (including phenoxy) is 1. The van der Waals surface area contributed by atoms with Crippen LogP contribution in [0.5, 0.6) is 5.88 Å². The van der Waals surface area contributed by atoms with Crippen molar-refractivity contribution in [2.45, 2.75) is 32.9 Å². The van der Waals surface area contributed by atoms with Gasteiger partial charge in [-0.25, -0.2) is 9.37 Å². The minimum Gasteiger partial charge on any atom is -0.475 e. The SMILES string of the molecule is CC(C)Oc1cc(-c2noc(C(C)NC(=O)c3cc(-c4ccc(F)cc4)nn3C)n2)ccn1. The van der Waals surface area contributed by atoms with Crippen molar-refractivity contribution < 1.29 is 18.4 Å². The number of hydrogen-bond donors (Lipinski definition) is 1. The van der Waals surface area contributed by atoms with Crippen LogP contribution in [0.1, 0.15) is 43.2 Å². The molecular formula is C23H23FN6O3. The van der Waals surface area contributed by atoms with Crippen molar-refractivity contribution >= 4 is 5.91 Å². The third kappa shape index (κ3) is 5.05. The first kappa shape index (κ1) is 22.1. The van der Waals surface area contributed by atoms with Crippen molar-refractivity contribution in [1.82, 2.24) is 30.2 Å². The first-order valence-corrected chi connectivity index (χ1v) is 10.4. The van der Waals surface area contributed by atoms with Crippen molar-refractivity contribution in [2.75, 3.05) is 0 Å². The molecule has 1 amide bonds. The first-order valence-electron chi connectivity index (χ1n) is 10.4. The number of rotatable bonds is 7. The van der Waals surface area contributed by atoms with E-state index in [2.05, 4.69) is 25.5 Å². The lowest BCUT2D eigenvalue weighted by atomic mass is 10.1. The van der Waals surface area contributed by atoms with Gasteiger partial charge in [0, 0.05) is 30.4 Å². The maximum Gasteiger partial charge on any atom is 0.270 e. The summed E-state index contributed by atoms with van der Waals surface area (Å²) in [6, 6.07) is 10.5. The van der Waals surface area contributed by atoms with E-state index >= 15 is 0 Å². The van der Waals surface area contributed by atoms with Gasteiger partial charge in [-0.05, 0) is 57.2 Å². The summed E-state index contributed by atoms with van der Waals surface area (Å²) in [5.74, 6) is 0.380. The number of benzene rings is 1. The largest absolute Gasteiger partial charge is 0.475 e. The van der Waals surface area contributed by atoms with E-state index in [1.54, 1.807) is 50.5 Å². The van der Waals surface area contributed by atoms with E-state index in [1.165, 1.54) is 16.8 Å². The average Bonchev–Trinajstić information content (AvgIpc) is 3.41. The molecule has 1 N–H and O–H groups in total. The molecule has 0 fully saturated rings. The summed E-state index contributed by atoms with van der Waals surface area (Å²) in [5, 5.41) is 11.2. The molecule has 0 aliphatic carbocycles. The third-order valence-electron chi connectivity index (χ3n) is 4.76. The smallest absolute Gasteiger partial charge is 0.270 e. The van der Waals surface area contributed by atoms with Gasteiger partial charge < -0.3 is 14.6 Å². The molecule has 3 aromatic heterocycles. The molecule has 4 rings (SSSR count). The van der Waals surface area contributed by atoms with E-state index < -0.39 is 6.04 Å². The molecule has 0 spiro atoms. The summed E-state index contributed by atoms with van der Waals surface area (Å²) in [6.45, 7) is 5.57. The van der Waals surface area contributed by atoms with E-state index in [0.29, 0.717) is 34.2 Å². The Labute approximate surface area is 189 Å². The van der Waals surface area contributed by atoms with Gasteiger partial charge in [-0.3, -0.25) is 9.48 Å². The van der Waals surface area contributed by atoms with Crippen molar-refractivity contribution in [3.05, 3.63) is 66.1 Å². The number of halogens is 1. The number of hydrogen-bond acceptors (Lipinski definition) is 7. The lowest BCUT2D eigenvalue weighted by molar-refractivity contribution is 0.0923. The number of carbonyl (C=O) groups excluding carboxylic acids is 1. The van der Waals surface area contributed by atoms with Gasteiger partial charge in [-0.15, -0.1) is 0 Å². The van der Waals surface area contributed by atoms with Crippen LogP contribution in [-0.4, -0.2) is 36.9 Å². The number of amides is 1. The monoisotopic (exact) mass is 450 g/mol. The van der Waals surface area contributed by atoms with Gasteiger partial charge in [0.05, 0.1) is 11.8 Å². The molecule has 33 heavy (non-hydrogen) atoms. The van der Waals surface area contributed by atoms with Gasteiger partial charge in [0.1, 0.15) is 17.6 Å². The van der Waals surface area contributed by atoms with E-state index in [4.69, 9.17) is 9.26 Å². The molecule has 0 aliphatic rings. The number of aromatic nitrogens is 5. The Morgan fingerprint density at radius 3 is 2.61 bits per heavy atom. The predicted octanol–water partition coefficient (Wildman–Crippen LogP) is 3.95. The topological polar surface area (TPSA) is 108 Å². The van der Waals surface area contributed by atoms with E-state index in [1.807, 2.05) is 13.8 Å². The zero-order valence-electron chi connectivity index (χ0n) is 18.6. The van der Waals surface area contributed by atoms with Crippen molar-refractivity contribution in [3.63, 3.8) is 0 Å². The lowest BCUT2D eigenvalue weighted by Gasteiger charge is -2.09. The Hall–Kier alpha value is -4.08. The minimum atomic E-state index is -0.545. The Bertz CT molecular complexity index is 1270. The highest BCUT2D eigenvalue weighted by Gasteiger charge is 2.21. The van der Waals surface area contributed by atoms with Crippen LogP contribution in [0.2, 0.25) is 0 Å². The number of pyridine rings is 1. The van der Waals surface area contributed by atoms with Crippen LogP contribution in [0.25, 0.3) is 22.6 Å². The van der Waals surface area contributed by atoms with E-state index in [-0.39, 0.29) is 23.7 Å². The van der Waals surface area contributed by atoms with Gasteiger partial charge in [0.25, 0.3) is 5.91 Å². The Morgan fingerprint density at radius 2 is 1.88 bits per heavy atom. The third-order valence-corrected chi connectivity index (χ3v) is 4.76. The van der Waals surface area contributed by atoms with E-state index in [0.717, 1.165) is 0 Å². The molecule has 170 valence electrons. The van der Waals surface area contributed by atoms with Crippen molar-refractivity contribution in [2.24, 2.45) is 7.05 Å². The van der Waals surface area contributed by atoms with Gasteiger partial charge >= 0.3 is 0 Å². The molecule has 0 radical (unpaired) electrons. The summed E-state index contributed by atoms with van der Waals surface area (Å²) in [5.41, 5.74) is 2.29. The highest BCUT2D eigenvalue weighted by Crippen LogP contribution is 2.23. The predicted molar refractivity (Wildman–Crippen MR) is 118 cm³/mol. The van der Waals surface area contributed by atoms with Crippen molar-refractivity contribution in [3.8, 4) is 28.5 Å². The minimum absolute atomic E-state index is 0.0145. The second kappa shape index (κ2) is 9.19. The number of nitrogens with one attached hydrogen (secondary N) is 1. The zero-order valence-corrected chi connectivity index (χ0v) is 18.6. The summed E-state index contributed by atoms with van der Waals surface area (Å²) in [6.07, 6.45) is 1.59. The molecule has 0 saturated carbocycles. The van der Waals surface area contributed by atoms with Crippen LogP contribution < -0.4 is 10.1 Å². The summed E-state index contributed by atoms with van der Waals surface area (Å²) >= 11 is 0. The van der Waals surface area contributed by atoms with E-state index in [9.17, 15) is 9.18 Å². The first-order chi connectivity index (χ1) is 15.8. The lowest BCUT2D eigenvalue weighted by Crippen LogP contribution is -2.28. The number of aryl methyl sites for hydroxylation is 1. The molecule has 0 aliphatic heterocycles. The van der Waals surface area contributed by atoms with Crippen LogP contribution in [0.4, 0.5) is 4.39 Å². The fraction of sp³-hybridized carbons (Fsp3) is 0.261. The van der Waals surface area contributed by atoms with Gasteiger partial charge in [0.2, 0.25) is 17.6 Å². The molecule has 10 heteroatoms.